The number of nitrogens with zero attached hydrogens (tertiary/aromatic N) is 1. The number of epoxide rings is 1. The summed E-state index contributed by atoms with van der Waals surface area (Å²) in [4.78, 5) is 17.6. The van der Waals surface area contributed by atoms with Gasteiger partial charge in [-0.1, -0.05) is 11.6 Å². The number of esters is 1. The Morgan fingerprint density at radius 1 is 1.50 bits per heavy atom. The maximum Gasteiger partial charge on any atom is 0.311 e. The van der Waals surface area contributed by atoms with E-state index < -0.39 is 0 Å². The van der Waals surface area contributed by atoms with Gasteiger partial charge in [-0.15, -0.1) is 0 Å². The van der Waals surface area contributed by atoms with Crippen molar-refractivity contribution < 1.29 is 19.1 Å². The van der Waals surface area contributed by atoms with Crippen molar-refractivity contribution in [2.45, 2.75) is 57.3 Å². The van der Waals surface area contributed by atoms with Gasteiger partial charge in [-0.2, -0.15) is 5.06 Å². The second-order valence-electron chi connectivity index (χ2n) is 7.14. The molecule has 2 heterocycles. The van der Waals surface area contributed by atoms with Crippen LogP contribution in [0.3, 0.4) is 0 Å². The van der Waals surface area contributed by atoms with Crippen molar-refractivity contribution in [3.05, 3.63) is 11.6 Å². The Morgan fingerprint density at radius 2 is 2.27 bits per heavy atom. The Kier molecular flexibility index (Phi) is 4.32. The maximum absolute atomic E-state index is 12.4. The number of carbonyl (C=O) groups excluding carboxylic acids is 1. The predicted octanol–water partition coefficient (Wildman–Crippen LogP) is 2.32. The molecule has 0 aromatic rings. The first kappa shape index (κ1) is 16.0. The molecule has 5 atom stereocenters. The SMILES string of the molecule is CON(C)CC1C(=O)OC2C1CCC(C)=CCCC1(C)OC21. The molecule has 0 amide bonds. The van der Waals surface area contributed by atoms with Crippen LogP contribution in [0, 0.1) is 11.8 Å². The van der Waals surface area contributed by atoms with Gasteiger partial charge < -0.3 is 14.3 Å². The monoisotopic (exact) mass is 309 g/mol. The summed E-state index contributed by atoms with van der Waals surface area (Å²) in [5.41, 5.74) is 1.28. The van der Waals surface area contributed by atoms with E-state index in [1.165, 1.54) is 5.57 Å². The van der Waals surface area contributed by atoms with Crippen LogP contribution in [0.1, 0.15) is 39.5 Å². The highest BCUT2D eigenvalue weighted by Gasteiger charge is 2.62. The molecule has 0 radical (unpaired) electrons. The second-order valence-corrected chi connectivity index (χ2v) is 7.14. The fraction of sp³-hybridized carbons (Fsp3) is 0.824. The molecule has 0 aromatic carbocycles. The number of hydrogen-bond acceptors (Lipinski definition) is 5. The number of allylic oxidation sites excluding steroid dienone is 2. The molecule has 2 saturated heterocycles. The van der Waals surface area contributed by atoms with E-state index in [4.69, 9.17) is 14.3 Å². The molecule has 0 saturated carbocycles. The van der Waals surface area contributed by atoms with Crippen molar-refractivity contribution in [3.63, 3.8) is 0 Å². The summed E-state index contributed by atoms with van der Waals surface area (Å²) >= 11 is 0. The minimum Gasteiger partial charge on any atom is -0.459 e. The first-order valence-electron chi connectivity index (χ1n) is 8.24. The number of rotatable bonds is 3. The zero-order valence-corrected chi connectivity index (χ0v) is 14.0. The van der Waals surface area contributed by atoms with Crippen molar-refractivity contribution in [2.75, 3.05) is 20.7 Å². The average Bonchev–Trinajstić information content (AvgIpc) is 3.05. The van der Waals surface area contributed by atoms with E-state index >= 15 is 0 Å². The molecule has 0 aromatic heterocycles. The fourth-order valence-electron chi connectivity index (χ4n) is 3.90. The maximum atomic E-state index is 12.4. The Hall–Kier alpha value is -0.910. The standard InChI is InChI=1S/C17H27NO4/c1-11-6-5-9-17(2)15(22-17)14-12(8-7-11)13(16(19)21-14)10-18(3)20-4/h6,12-15H,5,7-10H2,1-4H3. The van der Waals surface area contributed by atoms with Crippen LogP contribution in [-0.4, -0.2) is 49.5 Å². The third kappa shape index (κ3) is 2.94. The third-order valence-electron chi connectivity index (χ3n) is 5.50. The third-order valence-corrected chi connectivity index (χ3v) is 5.50. The van der Waals surface area contributed by atoms with E-state index in [2.05, 4.69) is 19.9 Å². The van der Waals surface area contributed by atoms with Gasteiger partial charge in [-0.3, -0.25) is 4.79 Å². The summed E-state index contributed by atoms with van der Waals surface area (Å²) in [6, 6.07) is 0. The summed E-state index contributed by atoms with van der Waals surface area (Å²) in [7, 11) is 3.47. The molecular weight excluding hydrogens is 282 g/mol. The molecule has 0 spiro atoms. The Balaban J connectivity index is 1.81. The van der Waals surface area contributed by atoms with Gasteiger partial charge in [-0.05, 0) is 39.5 Å². The number of hydroxylamine groups is 2. The Labute approximate surface area is 132 Å². The highest BCUT2D eigenvalue weighted by atomic mass is 16.7. The van der Waals surface area contributed by atoms with Crippen LogP contribution in [0.2, 0.25) is 0 Å². The largest absolute Gasteiger partial charge is 0.459 e. The summed E-state index contributed by atoms with van der Waals surface area (Å²) in [6.45, 7) is 4.89. The quantitative estimate of drug-likeness (QED) is 0.346. The molecule has 0 bridgehead atoms. The molecule has 5 nitrogen and oxygen atoms in total. The molecule has 5 unspecified atom stereocenters. The first-order valence-corrected chi connectivity index (χ1v) is 8.24. The lowest BCUT2D eigenvalue weighted by molar-refractivity contribution is -0.151. The highest BCUT2D eigenvalue weighted by Crippen LogP contribution is 2.50. The van der Waals surface area contributed by atoms with Crippen molar-refractivity contribution in [3.8, 4) is 0 Å². The molecule has 3 aliphatic rings. The van der Waals surface area contributed by atoms with Gasteiger partial charge in [0.1, 0.15) is 12.2 Å². The minimum absolute atomic E-state index is 0.0612. The number of carbonyl (C=O) groups is 1. The summed E-state index contributed by atoms with van der Waals surface area (Å²) in [5, 5.41) is 1.71. The van der Waals surface area contributed by atoms with Crippen LogP contribution < -0.4 is 0 Å². The van der Waals surface area contributed by atoms with E-state index in [1.807, 2.05) is 7.05 Å². The molecule has 0 N–H and O–H groups in total. The van der Waals surface area contributed by atoms with Crippen molar-refractivity contribution in [2.24, 2.45) is 11.8 Å². The number of hydrogen-bond donors (Lipinski definition) is 0. The lowest BCUT2D eigenvalue weighted by atomic mass is 9.80. The van der Waals surface area contributed by atoms with Crippen LogP contribution >= 0.6 is 0 Å². The smallest absolute Gasteiger partial charge is 0.311 e. The van der Waals surface area contributed by atoms with Gasteiger partial charge >= 0.3 is 5.97 Å². The van der Waals surface area contributed by atoms with Crippen LogP contribution in [0.5, 0.6) is 0 Å². The van der Waals surface area contributed by atoms with Gasteiger partial charge in [0.05, 0.1) is 18.6 Å². The van der Waals surface area contributed by atoms with E-state index in [1.54, 1.807) is 12.2 Å². The second kappa shape index (κ2) is 5.95. The molecule has 2 fully saturated rings. The molecule has 2 aliphatic heterocycles. The fourth-order valence-corrected chi connectivity index (χ4v) is 3.90. The van der Waals surface area contributed by atoms with Gasteiger partial charge in [0.15, 0.2) is 0 Å². The average molecular weight is 309 g/mol. The Morgan fingerprint density at radius 3 is 3.00 bits per heavy atom. The molecule has 1 aliphatic carbocycles. The van der Waals surface area contributed by atoms with Gasteiger partial charge in [0, 0.05) is 19.5 Å². The topological polar surface area (TPSA) is 51.3 Å². The minimum atomic E-state index is -0.129. The van der Waals surface area contributed by atoms with Crippen molar-refractivity contribution in [1.29, 1.82) is 0 Å². The van der Waals surface area contributed by atoms with Gasteiger partial charge in [0.25, 0.3) is 0 Å². The predicted molar refractivity (Wildman–Crippen MR) is 82.0 cm³/mol. The van der Waals surface area contributed by atoms with Crippen molar-refractivity contribution in [1.82, 2.24) is 5.06 Å². The zero-order valence-electron chi connectivity index (χ0n) is 14.0. The molecule has 124 valence electrons. The van der Waals surface area contributed by atoms with Crippen LogP contribution in [0.4, 0.5) is 0 Å². The Bertz CT molecular complexity index is 477. The molecule has 5 heteroatoms. The molecule has 22 heavy (non-hydrogen) atoms. The van der Waals surface area contributed by atoms with E-state index in [0.29, 0.717) is 6.54 Å². The van der Waals surface area contributed by atoms with Crippen LogP contribution in [0.25, 0.3) is 0 Å². The zero-order chi connectivity index (χ0) is 15.9. The van der Waals surface area contributed by atoms with E-state index in [0.717, 1.165) is 25.7 Å². The summed E-state index contributed by atoms with van der Waals surface area (Å²) in [5.74, 6) is -0.0216. The van der Waals surface area contributed by atoms with E-state index in [-0.39, 0.29) is 35.6 Å². The molecule has 3 rings (SSSR count). The molecular formula is C17H27NO4. The summed E-state index contributed by atoms with van der Waals surface area (Å²) < 4.78 is 11.7. The lowest BCUT2D eigenvalue weighted by Gasteiger charge is -2.24. The van der Waals surface area contributed by atoms with Gasteiger partial charge in [-0.25, -0.2) is 0 Å². The lowest BCUT2D eigenvalue weighted by Crippen LogP contribution is -2.34. The van der Waals surface area contributed by atoms with E-state index in [9.17, 15) is 4.79 Å². The number of fused-ring (bicyclic) bond motifs is 3. The van der Waals surface area contributed by atoms with Crippen LogP contribution in [0.15, 0.2) is 11.6 Å². The number of ether oxygens (including phenoxy) is 2. The highest BCUT2D eigenvalue weighted by molar-refractivity contribution is 5.75. The van der Waals surface area contributed by atoms with Crippen molar-refractivity contribution >= 4 is 5.97 Å². The first-order chi connectivity index (χ1) is 10.4. The normalized spacial score (nSPS) is 41.5. The van der Waals surface area contributed by atoms with Gasteiger partial charge in [0.2, 0.25) is 0 Å². The summed E-state index contributed by atoms with van der Waals surface area (Å²) in [6.07, 6.45) is 6.31. The van der Waals surface area contributed by atoms with Crippen LogP contribution in [-0.2, 0) is 19.1 Å².